The van der Waals surface area contributed by atoms with E-state index in [0.717, 1.165) is 30.6 Å². The van der Waals surface area contributed by atoms with E-state index in [4.69, 9.17) is 0 Å². The fourth-order valence-electron chi connectivity index (χ4n) is 2.48. The average molecular weight is 309 g/mol. The van der Waals surface area contributed by atoms with Crippen LogP contribution < -0.4 is 10.6 Å². The van der Waals surface area contributed by atoms with Crippen molar-refractivity contribution in [1.29, 1.82) is 0 Å². The minimum atomic E-state index is 0.650. The number of guanidine groups is 1. The van der Waals surface area contributed by atoms with E-state index < -0.39 is 0 Å². The number of thiazole rings is 1. The molecule has 1 aliphatic rings. The van der Waals surface area contributed by atoms with Crippen LogP contribution in [0.25, 0.3) is 0 Å². The van der Waals surface area contributed by atoms with Crippen molar-refractivity contribution >= 4 is 17.3 Å². The van der Waals surface area contributed by atoms with Crippen molar-refractivity contribution in [3.8, 4) is 0 Å². The third kappa shape index (κ3) is 6.01. The molecule has 2 rings (SSSR count). The molecule has 1 saturated heterocycles. The van der Waals surface area contributed by atoms with Gasteiger partial charge in [-0.05, 0) is 39.8 Å². The summed E-state index contributed by atoms with van der Waals surface area (Å²) in [6.07, 6.45) is 5.99. The molecular formula is C15H27N5S. The normalized spacial score (nSPS) is 17.0. The van der Waals surface area contributed by atoms with Gasteiger partial charge in [-0.1, -0.05) is 6.42 Å². The summed E-state index contributed by atoms with van der Waals surface area (Å²) in [7, 11) is 0. The van der Waals surface area contributed by atoms with E-state index in [1.54, 1.807) is 11.3 Å². The minimum Gasteiger partial charge on any atom is -0.357 e. The number of nitrogens with one attached hydrogen (secondary N) is 2. The van der Waals surface area contributed by atoms with Crippen LogP contribution in [-0.4, -0.2) is 48.6 Å². The molecule has 0 radical (unpaired) electrons. The van der Waals surface area contributed by atoms with Gasteiger partial charge in [-0.3, -0.25) is 0 Å². The van der Waals surface area contributed by atoms with Crippen LogP contribution in [0.15, 0.2) is 11.2 Å². The monoisotopic (exact) mass is 309 g/mol. The van der Waals surface area contributed by atoms with Gasteiger partial charge < -0.3 is 15.5 Å². The lowest BCUT2D eigenvalue weighted by Gasteiger charge is -2.26. The number of likely N-dealkylation sites (tertiary alicyclic amines) is 1. The molecule has 2 N–H and O–H groups in total. The molecule has 2 heterocycles. The second-order valence-electron chi connectivity index (χ2n) is 5.39. The first-order valence-electron chi connectivity index (χ1n) is 7.94. The van der Waals surface area contributed by atoms with E-state index in [0.29, 0.717) is 6.54 Å². The van der Waals surface area contributed by atoms with Crippen LogP contribution >= 0.6 is 11.3 Å². The third-order valence-electron chi connectivity index (χ3n) is 3.55. The zero-order valence-corrected chi connectivity index (χ0v) is 14.0. The first-order chi connectivity index (χ1) is 10.3. The zero-order chi connectivity index (χ0) is 14.9. The Labute approximate surface area is 131 Å². The van der Waals surface area contributed by atoms with Gasteiger partial charge in [0.05, 0.1) is 6.54 Å². The van der Waals surface area contributed by atoms with Crippen LogP contribution in [0.4, 0.5) is 0 Å². The topological polar surface area (TPSA) is 52.6 Å². The molecule has 21 heavy (non-hydrogen) atoms. The standard InChI is InChI=1S/C15H27N5S/c1-3-16-15(19-12-14-18-11-13(2)21-14)17-7-10-20-8-5-4-6-9-20/h11H,3-10,12H2,1-2H3,(H2,16,17,19). The predicted octanol–water partition coefficient (Wildman–Crippen LogP) is 1.99. The van der Waals surface area contributed by atoms with E-state index in [9.17, 15) is 0 Å². The molecule has 1 aliphatic heterocycles. The molecule has 1 aromatic rings. The van der Waals surface area contributed by atoms with Gasteiger partial charge in [0.25, 0.3) is 0 Å². The van der Waals surface area contributed by atoms with Crippen LogP contribution in [0.1, 0.15) is 36.1 Å². The maximum atomic E-state index is 4.60. The number of aromatic nitrogens is 1. The van der Waals surface area contributed by atoms with E-state index in [1.807, 2.05) is 6.20 Å². The maximum Gasteiger partial charge on any atom is 0.191 e. The zero-order valence-electron chi connectivity index (χ0n) is 13.2. The van der Waals surface area contributed by atoms with E-state index in [-0.39, 0.29) is 0 Å². The summed E-state index contributed by atoms with van der Waals surface area (Å²) in [5.41, 5.74) is 0. The highest BCUT2D eigenvalue weighted by molar-refractivity contribution is 7.11. The van der Waals surface area contributed by atoms with Gasteiger partial charge in [-0.25, -0.2) is 9.98 Å². The van der Waals surface area contributed by atoms with Gasteiger partial charge >= 0.3 is 0 Å². The predicted molar refractivity (Wildman–Crippen MR) is 90.0 cm³/mol. The third-order valence-corrected chi connectivity index (χ3v) is 4.45. The summed E-state index contributed by atoms with van der Waals surface area (Å²) in [5.74, 6) is 0.891. The second kappa shape index (κ2) is 9.00. The van der Waals surface area contributed by atoms with Crippen molar-refractivity contribution in [2.75, 3.05) is 32.7 Å². The molecular weight excluding hydrogens is 282 g/mol. The summed E-state index contributed by atoms with van der Waals surface area (Å²) >= 11 is 1.71. The Morgan fingerprint density at radius 2 is 2.14 bits per heavy atom. The number of rotatable bonds is 6. The lowest BCUT2D eigenvalue weighted by Crippen LogP contribution is -2.42. The molecule has 0 aliphatic carbocycles. The summed E-state index contributed by atoms with van der Waals surface area (Å²) in [6, 6.07) is 0. The molecule has 0 aromatic carbocycles. The number of nitrogens with zero attached hydrogens (tertiary/aromatic N) is 3. The van der Waals surface area contributed by atoms with Crippen molar-refractivity contribution < 1.29 is 0 Å². The Hall–Kier alpha value is -1.14. The molecule has 0 saturated carbocycles. The lowest BCUT2D eigenvalue weighted by molar-refractivity contribution is 0.232. The largest absolute Gasteiger partial charge is 0.357 e. The molecule has 0 spiro atoms. The summed E-state index contributed by atoms with van der Waals surface area (Å²) in [6.45, 7) is 10.2. The molecule has 0 amide bonds. The van der Waals surface area contributed by atoms with Gasteiger partial charge in [0, 0.05) is 30.7 Å². The van der Waals surface area contributed by atoms with E-state index in [2.05, 4.69) is 39.4 Å². The van der Waals surface area contributed by atoms with Crippen LogP contribution in [0.2, 0.25) is 0 Å². The highest BCUT2D eigenvalue weighted by Gasteiger charge is 2.09. The van der Waals surface area contributed by atoms with Gasteiger partial charge in [0.2, 0.25) is 0 Å². The van der Waals surface area contributed by atoms with Crippen molar-refractivity contribution in [2.45, 2.75) is 39.7 Å². The Balaban J connectivity index is 1.74. The van der Waals surface area contributed by atoms with Crippen LogP contribution in [0.3, 0.4) is 0 Å². The Kier molecular flexibility index (Phi) is 6.95. The van der Waals surface area contributed by atoms with Crippen LogP contribution in [-0.2, 0) is 6.54 Å². The minimum absolute atomic E-state index is 0.650. The van der Waals surface area contributed by atoms with Crippen molar-refractivity contribution in [2.24, 2.45) is 4.99 Å². The molecule has 0 bridgehead atoms. The summed E-state index contributed by atoms with van der Waals surface area (Å²) in [4.78, 5) is 12.7. The van der Waals surface area contributed by atoms with E-state index >= 15 is 0 Å². The SMILES string of the molecule is CCNC(=NCc1ncc(C)s1)NCCN1CCCCC1. The Bertz CT molecular complexity index is 437. The fraction of sp³-hybridized carbons (Fsp3) is 0.733. The lowest BCUT2D eigenvalue weighted by atomic mass is 10.1. The number of aryl methyl sites for hydroxylation is 1. The van der Waals surface area contributed by atoms with Gasteiger partial charge in [-0.15, -0.1) is 11.3 Å². The molecule has 5 nitrogen and oxygen atoms in total. The average Bonchev–Trinajstić information content (AvgIpc) is 2.91. The van der Waals surface area contributed by atoms with Gasteiger partial charge in [0.1, 0.15) is 5.01 Å². The summed E-state index contributed by atoms with van der Waals surface area (Å²) < 4.78 is 0. The van der Waals surface area contributed by atoms with Crippen molar-refractivity contribution in [1.82, 2.24) is 20.5 Å². The fourth-order valence-corrected chi connectivity index (χ4v) is 3.19. The molecule has 0 atom stereocenters. The van der Waals surface area contributed by atoms with Crippen LogP contribution in [0.5, 0.6) is 0 Å². The molecule has 118 valence electrons. The Morgan fingerprint density at radius 3 is 2.81 bits per heavy atom. The smallest absolute Gasteiger partial charge is 0.191 e. The molecule has 1 fully saturated rings. The highest BCUT2D eigenvalue weighted by atomic mass is 32.1. The second-order valence-corrected chi connectivity index (χ2v) is 6.71. The van der Waals surface area contributed by atoms with E-state index in [1.165, 1.54) is 37.2 Å². The van der Waals surface area contributed by atoms with Gasteiger partial charge in [-0.2, -0.15) is 0 Å². The number of hydrogen-bond acceptors (Lipinski definition) is 4. The van der Waals surface area contributed by atoms with Crippen molar-refractivity contribution in [3.63, 3.8) is 0 Å². The molecule has 1 aromatic heterocycles. The highest BCUT2D eigenvalue weighted by Crippen LogP contribution is 2.11. The quantitative estimate of drug-likeness (QED) is 0.623. The number of piperidine rings is 1. The van der Waals surface area contributed by atoms with Crippen molar-refractivity contribution in [3.05, 3.63) is 16.1 Å². The molecule has 0 unspecified atom stereocenters. The molecule has 6 heteroatoms. The first-order valence-corrected chi connectivity index (χ1v) is 8.75. The first kappa shape index (κ1) is 16.2. The summed E-state index contributed by atoms with van der Waals surface area (Å²) in [5, 5.41) is 7.78. The number of hydrogen-bond donors (Lipinski definition) is 2. The Morgan fingerprint density at radius 1 is 1.33 bits per heavy atom. The van der Waals surface area contributed by atoms with Crippen LogP contribution in [0, 0.1) is 6.92 Å². The maximum absolute atomic E-state index is 4.60. The number of aliphatic imine (C=N–C) groups is 1. The van der Waals surface area contributed by atoms with Gasteiger partial charge in [0.15, 0.2) is 5.96 Å².